The number of benzene rings is 1. The van der Waals surface area contributed by atoms with Crippen LogP contribution in [0.4, 0.5) is 4.39 Å². The van der Waals surface area contributed by atoms with Gasteiger partial charge in [0.1, 0.15) is 17.2 Å². The molecule has 17 heavy (non-hydrogen) atoms. The molecular weight excluding hydrogens is 245 g/mol. The Bertz CT molecular complexity index is 574. The first kappa shape index (κ1) is 11.6. The number of hydrogen-bond acceptors (Lipinski definition) is 2. The van der Waals surface area contributed by atoms with Crippen LogP contribution in [0.5, 0.6) is 0 Å². The molecule has 1 amide bonds. The molecule has 6 heteroatoms. The summed E-state index contributed by atoms with van der Waals surface area (Å²) >= 11 is 5.90. The summed E-state index contributed by atoms with van der Waals surface area (Å²) in [5.41, 5.74) is 5.87. The van der Waals surface area contributed by atoms with Crippen LogP contribution in [-0.2, 0) is 0 Å². The minimum Gasteiger partial charge on any atom is -0.364 e. The van der Waals surface area contributed by atoms with Crippen molar-refractivity contribution in [3.05, 3.63) is 46.5 Å². The third kappa shape index (κ3) is 2.01. The van der Waals surface area contributed by atoms with Crippen molar-refractivity contribution < 1.29 is 9.18 Å². The van der Waals surface area contributed by atoms with Gasteiger partial charge in [-0.05, 0) is 25.1 Å². The lowest BCUT2D eigenvalue weighted by atomic mass is 10.3. The molecule has 0 saturated heterocycles. The van der Waals surface area contributed by atoms with Crippen LogP contribution in [0.3, 0.4) is 0 Å². The molecular formula is C11H9ClFN3O. The Kier molecular flexibility index (Phi) is 2.85. The van der Waals surface area contributed by atoms with Crippen molar-refractivity contribution in [1.29, 1.82) is 0 Å². The van der Waals surface area contributed by atoms with Crippen molar-refractivity contribution in [2.45, 2.75) is 6.92 Å². The number of rotatable bonds is 2. The summed E-state index contributed by atoms with van der Waals surface area (Å²) in [4.78, 5) is 11.2. The lowest BCUT2D eigenvalue weighted by molar-refractivity contribution is 0.0993. The van der Waals surface area contributed by atoms with Crippen molar-refractivity contribution in [2.24, 2.45) is 5.73 Å². The smallest absolute Gasteiger partial charge is 0.267 e. The number of para-hydroxylation sites is 1. The Morgan fingerprint density at radius 3 is 2.82 bits per heavy atom. The maximum absolute atomic E-state index is 13.7. The number of halogens is 2. The quantitative estimate of drug-likeness (QED) is 0.891. The fourth-order valence-corrected chi connectivity index (χ4v) is 1.78. The van der Waals surface area contributed by atoms with E-state index >= 15 is 0 Å². The predicted molar refractivity (Wildman–Crippen MR) is 61.8 cm³/mol. The highest BCUT2D eigenvalue weighted by Gasteiger charge is 2.17. The lowest BCUT2D eigenvalue weighted by Gasteiger charge is -2.08. The van der Waals surface area contributed by atoms with Crippen LogP contribution in [0.15, 0.2) is 24.3 Å². The number of nitrogens with two attached hydrogens (primary N) is 1. The van der Waals surface area contributed by atoms with Gasteiger partial charge in [-0.3, -0.25) is 4.79 Å². The highest BCUT2D eigenvalue weighted by atomic mass is 35.5. The van der Waals surface area contributed by atoms with E-state index in [1.807, 2.05) is 0 Å². The van der Waals surface area contributed by atoms with Gasteiger partial charge in [0.15, 0.2) is 0 Å². The Hall–Kier alpha value is -1.88. The summed E-state index contributed by atoms with van der Waals surface area (Å²) in [7, 11) is 0. The molecule has 4 nitrogen and oxygen atoms in total. The van der Waals surface area contributed by atoms with Gasteiger partial charge in [-0.15, -0.1) is 0 Å². The minimum atomic E-state index is -0.690. The highest BCUT2D eigenvalue weighted by Crippen LogP contribution is 2.24. The molecule has 2 aromatic rings. The van der Waals surface area contributed by atoms with Crippen molar-refractivity contribution in [3.63, 3.8) is 0 Å². The second-order valence-corrected chi connectivity index (χ2v) is 3.92. The molecule has 0 aliphatic rings. The molecule has 0 atom stereocenters. The van der Waals surface area contributed by atoms with Crippen molar-refractivity contribution in [1.82, 2.24) is 9.78 Å². The Labute approximate surface area is 102 Å². The number of aromatic nitrogens is 2. The molecule has 0 saturated carbocycles. The number of aryl methyl sites for hydroxylation is 1. The molecule has 0 aliphatic carbocycles. The Balaban J connectivity index is 2.72. The summed E-state index contributed by atoms with van der Waals surface area (Å²) in [6, 6.07) is 5.71. The first-order valence-corrected chi connectivity index (χ1v) is 5.19. The van der Waals surface area contributed by atoms with Gasteiger partial charge in [0.05, 0.1) is 10.7 Å². The molecule has 1 heterocycles. The first-order chi connectivity index (χ1) is 8.00. The van der Waals surface area contributed by atoms with Gasteiger partial charge in [0.25, 0.3) is 5.91 Å². The minimum absolute atomic E-state index is 0.0241. The van der Waals surface area contributed by atoms with Gasteiger partial charge in [-0.25, -0.2) is 9.07 Å². The molecule has 0 radical (unpaired) electrons. The van der Waals surface area contributed by atoms with Crippen LogP contribution in [0.2, 0.25) is 5.02 Å². The van der Waals surface area contributed by atoms with Crippen molar-refractivity contribution in [3.8, 4) is 5.69 Å². The van der Waals surface area contributed by atoms with E-state index in [9.17, 15) is 9.18 Å². The van der Waals surface area contributed by atoms with Gasteiger partial charge in [-0.2, -0.15) is 5.10 Å². The monoisotopic (exact) mass is 253 g/mol. The maximum atomic E-state index is 13.7. The maximum Gasteiger partial charge on any atom is 0.267 e. The lowest BCUT2D eigenvalue weighted by Crippen LogP contribution is -2.17. The van der Waals surface area contributed by atoms with Gasteiger partial charge < -0.3 is 5.73 Å². The molecule has 2 N–H and O–H groups in total. The van der Waals surface area contributed by atoms with Crippen LogP contribution < -0.4 is 5.73 Å². The standard InChI is InChI=1S/C11H9ClFN3O/c1-6-5-9(11(14)17)16(15-6)10-7(12)3-2-4-8(10)13/h2-5H,1H3,(H2,14,17). The summed E-state index contributed by atoms with van der Waals surface area (Å²) in [5, 5.41) is 4.18. The average molecular weight is 254 g/mol. The number of primary amides is 1. The largest absolute Gasteiger partial charge is 0.364 e. The van der Waals surface area contributed by atoms with E-state index in [0.717, 1.165) is 4.68 Å². The molecule has 0 spiro atoms. The summed E-state index contributed by atoms with van der Waals surface area (Å²) < 4.78 is 14.8. The van der Waals surface area contributed by atoms with E-state index in [1.165, 1.54) is 24.3 Å². The van der Waals surface area contributed by atoms with Gasteiger partial charge >= 0.3 is 0 Å². The van der Waals surface area contributed by atoms with Gasteiger partial charge in [0, 0.05) is 0 Å². The van der Waals surface area contributed by atoms with Crippen molar-refractivity contribution in [2.75, 3.05) is 0 Å². The second kappa shape index (κ2) is 4.18. The second-order valence-electron chi connectivity index (χ2n) is 3.52. The normalized spacial score (nSPS) is 10.5. The number of amides is 1. The third-order valence-corrected chi connectivity index (χ3v) is 2.54. The van der Waals surface area contributed by atoms with E-state index < -0.39 is 11.7 Å². The zero-order valence-corrected chi connectivity index (χ0v) is 9.70. The third-order valence-electron chi connectivity index (χ3n) is 2.23. The summed E-state index contributed by atoms with van der Waals surface area (Å²) in [6.07, 6.45) is 0. The Morgan fingerprint density at radius 2 is 2.24 bits per heavy atom. The van der Waals surface area contributed by atoms with Crippen LogP contribution in [0.25, 0.3) is 5.69 Å². The Morgan fingerprint density at radius 1 is 1.53 bits per heavy atom. The van der Waals surface area contributed by atoms with Crippen molar-refractivity contribution >= 4 is 17.5 Å². The van der Waals surface area contributed by atoms with Crippen LogP contribution in [-0.4, -0.2) is 15.7 Å². The van der Waals surface area contributed by atoms with E-state index in [0.29, 0.717) is 5.69 Å². The molecule has 1 aromatic carbocycles. The number of nitrogens with zero attached hydrogens (tertiary/aromatic N) is 2. The van der Waals surface area contributed by atoms with E-state index in [1.54, 1.807) is 6.92 Å². The first-order valence-electron chi connectivity index (χ1n) is 4.81. The summed E-state index contributed by atoms with van der Waals surface area (Å²) in [5.74, 6) is -1.26. The molecule has 1 aromatic heterocycles. The molecule has 88 valence electrons. The molecule has 0 bridgehead atoms. The van der Waals surface area contributed by atoms with Crippen LogP contribution in [0.1, 0.15) is 16.2 Å². The average Bonchev–Trinajstić information content (AvgIpc) is 2.60. The fourth-order valence-electron chi connectivity index (χ4n) is 1.54. The topological polar surface area (TPSA) is 60.9 Å². The van der Waals surface area contributed by atoms with E-state index in [2.05, 4.69) is 5.10 Å². The summed E-state index contributed by atoms with van der Waals surface area (Å²) in [6.45, 7) is 1.68. The number of carbonyl (C=O) groups excluding carboxylic acids is 1. The molecule has 0 unspecified atom stereocenters. The van der Waals surface area contributed by atoms with Crippen LogP contribution in [0, 0.1) is 12.7 Å². The van der Waals surface area contributed by atoms with Gasteiger partial charge in [0.2, 0.25) is 0 Å². The highest BCUT2D eigenvalue weighted by molar-refractivity contribution is 6.32. The zero-order valence-electron chi connectivity index (χ0n) is 8.95. The van der Waals surface area contributed by atoms with Crippen LogP contribution >= 0.6 is 11.6 Å². The van der Waals surface area contributed by atoms with E-state index in [4.69, 9.17) is 17.3 Å². The number of carbonyl (C=O) groups is 1. The molecule has 2 rings (SSSR count). The predicted octanol–water partition coefficient (Wildman–Crippen LogP) is 2.07. The fraction of sp³-hybridized carbons (Fsp3) is 0.0909. The number of hydrogen-bond donors (Lipinski definition) is 1. The zero-order chi connectivity index (χ0) is 12.6. The van der Waals surface area contributed by atoms with Gasteiger partial charge in [-0.1, -0.05) is 17.7 Å². The van der Waals surface area contributed by atoms with E-state index in [-0.39, 0.29) is 16.4 Å². The molecule has 0 fully saturated rings. The molecule has 0 aliphatic heterocycles. The SMILES string of the molecule is Cc1cc(C(N)=O)n(-c2c(F)cccc2Cl)n1.